The molecule has 0 aromatic heterocycles. The van der Waals surface area contributed by atoms with E-state index in [4.69, 9.17) is 4.84 Å². The molecule has 1 aliphatic heterocycles. The van der Waals surface area contributed by atoms with E-state index < -0.39 is 21.2 Å². The third kappa shape index (κ3) is 4.38. The van der Waals surface area contributed by atoms with Crippen LogP contribution in [0.25, 0.3) is 0 Å². The van der Waals surface area contributed by atoms with Crippen LogP contribution in [0.15, 0.2) is 40.4 Å². The second-order valence-electron chi connectivity index (χ2n) is 5.32. The molecule has 0 bridgehead atoms. The molecule has 7 nitrogen and oxygen atoms in total. The standard InChI is InChI=1S/C14H17N3O4S3/c1-14(2)11(18)16(3)12(22-14)15-21-13(19)17(4)24(20)23-10-8-6-5-7-9-10/h5-9H,1-4H3. The second kappa shape index (κ2) is 7.68. The largest absolute Gasteiger partial charge is 0.581 e. The van der Waals surface area contributed by atoms with Crippen molar-refractivity contribution in [3.63, 3.8) is 0 Å². The summed E-state index contributed by atoms with van der Waals surface area (Å²) in [6, 6.07) is 9.06. The zero-order valence-corrected chi connectivity index (χ0v) is 16.0. The molecule has 1 fully saturated rings. The molecule has 24 heavy (non-hydrogen) atoms. The molecule has 2 amide bonds. The molecule has 0 saturated carbocycles. The lowest BCUT2D eigenvalue weighted by Crippen LogP contribution is -2.33. The number of oxime groups is 1. The molecule has 2 rings (SSSR count). The molecule has 130 valence electrons. The fraction of sp³-hybridized carbons (Fsp3) is 0.357. The first-order valence-corrected chi connectivity index (χ1v) is 10.1. The minimum atomic E-state index is -1.66. The highest BCUT2D eigenvalue weighted by molar-refractivity contribution is 8.71. The van der Waals surface area contributed by atoms with Crippen molar-refractivity contribution < 1.29 is 19.0 Å². The molecule has 0 N–H and O–H groups in total. The molecular weight excluding hydrogens is 370 g/mol. The lowest BCUT2D eigenvalue weighted by Gasteiger charge is -2.16. The van der Waals surface area contributed by atoms with Crippen LogP contribution in [0.3, 0.4) is 0 Å². The van der Waals surface area contributed by atoms with Crippen LogP contribution < -0.4 is 0 Å². The SMILES string of the molecule is CN1C(=O)C(C)(C)SC1=NOC(=O)N(C)[S+]([O-])Sc1ccccc1. The summed E-state index contributed by atoms with van der Waals surface area (Å²) >= 11 is 1.20. The Morgan fingerprint density at radius 2 is 2.04 bits per heavy atom. The van der Waals surface area contributed by atoms with Gasteiger partial charge in [-0.2, -0.15) is 0 Å². The number of rotatable bonds is 4. The number of benzene rings is 1. The molecule has 10 heteroatoms. The molecule has 1 aliphatic rings. The number of thioether (sulfide) groups is 1. The predicted molar refractivity (Wildman–Crippen MR) is 96.6 cm³/mol. The van der Waals surface area contributed by atoms with Crippen LogP contribution in [0.1, 0.15) is 13.8 Å². The number of hydrogen-bond acceptors (Lipinski definition) is 7. The van der Waals surface area contributed by atoms with Gasteiger partial charge in [0.15, 0.2) is 21.2 Å². The van der Waals surface area contributed by atoms with E-state index in [1.165, 1.54) is 23.7 Å². The summed E-state index contributed by atoms with van der Waals surface area (Å²) in [6.07, 6.45) is -0.865. The van der Waals surface area contributed by atoms with Crippen LogP contribution in [-0.4, -0.2) is 49.8 Å². The maximum absolute atomic E-state index is 12.2. The molecule has 0 spiro atoms. The Kier molecular flexibility index (Phi) is 6.07. The number of amidine groups is 1. The Labute approximate surface area is 151 Å². The van der Waals surface area contributed by atoms with Gasteiger partial charge in [0, 0.05) is 7.05 Å². The average molecular weight is 388 g/mol. The van der Waals surface area contributed by atoms with Gasteiger partial charge in [0.1, 0.15) is 0 Å². The molecule has 1 atom stereocenters. The topological polar surface area (TPSA) is 85.3 Å². The molecule has 1 saturated heterocycles. The molecular formula is C14H17N3O4S3. The van der Waals surface area contributed by atoms with Crippen molar-refractivity contribution in [2.75, 3.05) is 14.1 Å². The van der Waals surface area contributed by atoms with Crippen molar-refractivity contribution in [3.8, 4) is 0 Å². The summed E-state index contributed by atoms with van der Waals surface area (Å²) in [5.41, 5.74) is 0. The second-order valence-corrected chi connectivity index (χ2v) is 9.88. The van der Waals surface area contributed by atoms with Gasteiger partial charge in [-0.05, 0) is 31.1 Å². The highest BCUT2D eigenvalue weighted by Crippen LogP contribution is 2.36. The highest BCUT2D eigenvalue weighted by atomic mass is 33.1. The summed E-state index contributed by atoms with van der Waals surface area (Å²) in [6.45, 7) is 3.52. The van der Waals surface area contributed by atoms with E-state index >= 15 is 0 Å². The van der Waals surface area contributed by atoms with Gasteiger partial charge in [-0.15, -0.1) is 4.31 Å². The van der Waals surface area contributed by atoms with Gasteiger partial charge < -0.3 is 4.55 Å². The van der Waals surface area contributed by atoms with Crippen LogP contribution >= 0.6 is 22.6 Å². The zero-order chi connectivity index (χ0) is 17.9. The number of hydrogen-bond donors (Lipinski definition) is 0. The summed E-state index contributed by atoms with van der Waals surface area (Å²) in [7, 11) is 2.27. The fourth-order valence-electron chi connectivity index (χ4n) is 1.72. The van der Waals surface area contributed by atoms with Gasteiger partial charge in [-0.3, -0.25) is 14.5 Å². The first-order chi connectivity index (χ1) is 11.2. The first kappa shape index (κ1) is 19.0. The van der Waals surface area contributed by atoms with Crippen molar-refractivity contribution >= 4 is 50.1 Å². The Morgan fingerprint density at radius 3 is 2.58 bits per heavy atom. The van der Waals surface area contributed by atoms with Crippen molar-refractivity contribution in [1.29, 1.82) is 0 Å². The minimum absolute atomic E-state index is 0.126. The monoisotopic (exact) mass is 387 g/mol. The van der Waals surface area contributed by atoms with E-state index in [2.05, 4.69) is 5.16 Å². The maximum Gasteiger partial charge on any atom is 0.478 e. The van der Waals surface area contributed by atoms with Gasteiger partial charge in [-0.25, -0.2) is 4.79 Å². The van der Waals surface area contributed by atoms with Gasteiger partial charge in [0.05, 0.1) is 16.7 Å². The number of carbonyl (C=O) groups is 2. The van der Waals surface area contributed by atoms with Crippen LogP contribution in [0.2, 0.25) is 0 Å². The minimum Gasteiger partial charge on any atom is -0.581 e. The number of amides is 2. The van der Waals surface area contributed by atoms with E-state index in [1.54, 1.807) is 33.0 Å². The van der Waals surface area contributed by atoms with E-state index in [-0.39, 0.29) is 11.1 Å². The van der Waals surface area contributed by atoms with Crippen LogP contribution in [0.4, 0.5) is 4.79 Å². The summed E-state index contributed by atoms with van der Waals surface area (Å²) < 4.78 is 12.4. The number of carbonyl (C=O) groups excluding carboxylic acids is 2. The molecule has 0 radical (unpaired) electrons. The van der Waals surface area contributed by atoms with E-state index in [0.29, 0.717) is 0 Å². The summed E-state index contributed by atoms with van der Waals surface area (Å²) in [5, 5.41) is 4.00. The third-order valence-electron chi connectivity index (χ3n) is 3.05. The van der Waals surface area contributed by atoms with Gasteiger partial charge in [0.25, 0.3) is 0 Å². The highest BCUT2D eigenvalue weighted by Gasteiger charge is 2.43. The summed E-state index contributed by atoms with van der Waals surface area (Å²) in [4.78, 5) is 30.8. The van der Waals surface area contributed by atoms with Gasteiger partial charge in [0.2, 0.25) is 11.1 Å². The van der Waals surface area contributed by atoms with Crippen LogP contribution in [0, 0.1) is 0 Å². The van der Waals surface area contributed by atoms with E-state index in [9.17, 15) is 14.1 Å². The van der Waals surface area contributed by atoms with E-state index in [0.717, 1.165) is 20.0 Å². The quantitative estimate of drug-likeness (QED) is 0.342. The Balaban J connectivity index is 1.94. The van der Waals surface area contributed by atoms with Crippen LogP contribution in [-0.2, 0) is 20.0 Å². The zero-order valence-electron chi connectivity index (χ0n) is 13.6. The normalized spacial score (nSPS) is 19.5. The average Bonchev–Trinajstić information content (AvgIpc) is 2.75. The van der Waals surface area contributed by atoms with E-state index in [1.807, 2.05) is 18.2 Å². The molecule has 0 aliphatic carbocycles. The lowest BCUT2D eigenvalue weighted by atomic mass is 10.2. The van der Waals surface area contributed by atoms with Crippen molar-refractivity contribution in [2.45, 2.75) is 23.5 Å². The summed E-state index contributed by atoms with van der Waals surface area (Å²) in [5.74, 6) is -0.126. The maximum atomic E-state index is 12.2. The Hall–Kier alpha value is -1.36. The van der Waals surface area contributed by atoms with Crippen molar-refractivity contribution in [2.24, 2.45) is 5.16 Å². The Morgan fingerprint density at radius 1 is 1.42 bits per heavy atom. The lowest BCUT2D eigenvalue weighted by molar-refractivity contribution is -0.127. The van der Waals surface area contributed by atoms with Crippen molar-refractivity contribution in [1.82, 2.24) is 9.21 Å². The predicted octanol–water partition coefficient (Wildman–Crippen LogP) is 2.68. The van der Waals surface area contributed by atoms with Crippen LogP contribution in [0.5, 0.6) is 0 Å². The molecule has 1 heterocycles. The van der Waals surface area contributed by atoms with Crippen molar-refractivity contribution in [3.05, 3.63) is 30.3 Å². The molecule has 1 unspecified atom stereocenters. The smallest absolute Gasteiger partial charge is 0.478 e. The molecule has 1 aromatic rings. The number of nitrogens with zero attached hydrogens (tertiary/aromatic N) is 3. The Bertz CT molecular complexity index is 654. The van der Waals surface area contributed by atoms with Gasteiger partial charge in [-0.1, -0.05) is 30.0 Å². The molecule has 1 aromatic carbocycles. The fourth-order valence-corrected chi connectivity index (χ4v) is 4.74. The van der Waals surface area contributed by atoms with Gasteiger partial charge >= 0.3 is 6.09 Å². The first-order valence-electron chi connectivity index (χ1n) is 6.87. The third-order valence-corrected chi connectivity index (χ3v) is 7.14.